The van der Waals surface area contributed by atoms with Crippen LogP contribution < -0.4 is 0 Å². The van der Waals surface area contributed by atoms with Crippen LogP contribution in [0.25, 0.3) is 11.1 Å². The van der Waals surface area contributed by atoms with Gasteiger partial charge in [-0.1, -0.05) is 48.0 Å². The predicted molar refractivity (Wildman–Crippen MR) is 125 cm³/mol. The fourth-order valence-electron chi connectivity index (χ4n) is 4.37. The van der Waals surface area contributed by atoms with Crippen LogP contribution in [-0.2, 0) is 10.3 Å². The molecule has 0 unspecified atom stereocenters. The number of cyclic esters (lactones) is 1. The van der Waals surface area contributed by atoms with E-state index in [0.29, 0.717) is 30.8 Å². The van der Waals surface area contributed by atoms with Crippen molar-refractivity contribution in [1.29, 1.82) is 0 Å². The number of halogens is 2. The zero-order valence-electron chi connectivity index (χ0n) is 18.4. The van der Waals surface area contributed by atoms with E-state index >= 15 is 0 Å². The number of nitrogens with zero attached hydrogens (tertiary/aromatic N) is 2. The highest BCUT2D eigenvalue weighted by Crippen LogP contribution is 2.40. The van der Waals surface area contributed by atoms with Gasteiger partial charge in [0, 0.05) is 37.5 Å². The smallest absolute Gasteiger partial charge is 0.411 e. The Kier molecular flexibility index (Phi) is 6.96. The zero-order valence-corrected chi connectivity index (χ0v) is 19.1. The summed E-state index contributed by atoms with van der Waals surface area (Å²) >= 11 is 6.05. The monoisotopic (exact) mass is 468 g/mol. The molecule has 0 saturated carbocycles. The molecule has 0 radical (unpaired) electrons. The van der Waals surface area contributed by atoms with Crippen LogP contribution in [0.3, 0.4) is 0 Å². The zero-order chi connectivity index (χ0) is 23.4. The van der Waals surface area contributed by atoms with Gasteiger partial charge in [-0.15, -0.1) is 0 Å². The fourth-order valence-corrected chi connectivity index (χ4v) is 4.54. The number of aromatic nitrogens is 1. The van der Waals surface area contributed by atoms with E-state index in [1.165, 1.54) is 12.1 Å². The Morgan fingerprint density at radius 3 is 2.52 bits per heavy atom. The minimum Gasteiger partial charge on any atom is -0.438 e. The van der Waals surface area contributed by atoms with Gasteiger partial charge in [-0.25, -0.2) is 9.18 Å². The lowest BCUT2D eigenvalue weighted by Crippen LogP contribution is -2.48. The number of hydrogen-bond acceptors (Lipinski definition) is 4. The molecule has 172 valence electrons. The largest absolute Gasteiger partial charge is 0.438 e. The molecule has 5 nitrogen and oxygen atoms in total. The van der Waals surface area contributed by atoms with E-state index in [1.807, 2.05) is 37.3 Å². The summed E-state index contributed by atoms with van der Waals surface area (Å²) < 4.78 is 19.4. The van der Waals surface area contributed by atoms with Crippen molar-refractivity contribution in [3.63, 3.8) is 0 Å². The maximum Gasteiger partial charge on any atom is 0.411 e. The second kappa shape index (κ2) is 9.89. The first-order valence-corrected chi connectivity index (χ1v) is 11.4. The maximum absolute atomic E-state index is 13.5. The molecule has 2 heterocycles. The fraction of sp³-hybridized carbons (Fsp3) is 0.308. The molecule has 33 heavy (non-hydrogen) atoms. The van der Waals surface area contributed by atoms with Gasteiger partial charge in [0.15, 0.2) is 0 Å². The first-order chi connectivity index (χ1) is 15.9. The number of carbonyl (C=O) groups is 1. The molecule has 1 fully saturated rings. The van der Waals surface area contributed by atoms with E-state index < -0.39 is 11.7 Å². The van der Waals surface area contributed by atoms with E-state index in [0.717, 1.165) is 22.3 Å². The Bertz CT molecular complexity index is 1110. The van der Waals surface area contributed by atoms with E-state index in [4.69, 9.17) is 16.3 Å². The summed E-state index contributed by atoms with van der Waals surface area (Å²) in [6.45, 7) is 2.45. The molecule has 1 amide bonds. The van der Waals surface area contributed by atoms with Crippen molar-refractivity contribution < 1.29 is 19.0 Å². The highest BCUT2D eigenvalue weighted by Gasteiger charge is 2.43. The van der Waals surface area contributed by atoms with Gasteiger partial charge in [0.05, 0.1) is 11.1 Å². The number of aliphatic hydroxyl groups excluding tert-OH is 1. The van der Waals surface area contributed by atoms with Crippen LogP contribution in [0.2, 0.25) is 5.02 Å². The van der Waals surface area contributed by atoms with Crippen LogP contribution >= 0.6 is 11.6 Å². The van der Waals surface area contributed by atoms with Crippen LogP contribution in [0.15, 0.2) is 67.0 Å². The quantitative estimate of drug-likeness (QED) is 0.454. The summed E-state index contributed by atoms with van der Waals surface area (Å²) in [5.41, 5.74) is 2.77. The molecule has 2 atom stereocenters. The van der Waals surface area contributed by atoms with Crippen molar-refractivity contribution in [2.75, 3.05) is 13.2 Å². The van der Waals surface area contributed by atoms with E-state index in [1.54, 1.807) is 29.4 Å². The first-order valence-electron chi connectivity index (χ1n) is 11.0. The molecule has 0 aliphatic carbocycles. The van der Waals surface area contributed by atoms with E-state index in [9.17, 15) is 14.3 Å². The third-order valence-electron chi connectivity index (χ3n) is 6.28. The third-order valence-corrected chi connectivity index (χ3v) is 6.49. The minimum absolute atomic E-state index is 0.00485. The molecule has 0 spiro atoms. The maximum atomic E-state index is 13.5. The summed E-state index contributed by atoms with van der Waals surface area (Å²) in [5.74, 6) is -0.342. The first kappa shape index (κ1) is 23.2. The topological polar surface area (TPSA) is 62.7 Å². The van der Waals surface area contributed by atoms with Crippen molar-refractivity contribution in [3.8, 4) is 11.1 Å². The second-order valence-corrected chi connectivity index (χ2v) is 8.77. The van der Waals surface area contributed by atoms with Gasteiger partial charge in [-0.3, -0.25) is 4.98 Å². The van der Waals surface area contributed by atoms with Crippen molar-refractivity contribution in [2.24, 2.45) is 0 Å². The normalized spacial score (nSPS) is 19.3. The summed E-state index contributed by atoms with van der Waals surface area (Å²) in [7, 11) is 0. The number of ether oxygens (including phenoxy) is 1. The number of amides is 1. The van der Waals surface area contributed by atoms with Gasteiger partial charge in [-0.2, -0.15) is 0 Å². The average Bonchev–Trinajstić information content (AvgIpc) is 2.83. The molecule has 3 aromatic rings. The number of rotatable bonds is 7. The Morgan fingerprint density at radius 2 is 1.88 bits per heavy atom. The summed E-state index contributed by atoms with van der Waals surface area (Å²) in [4.78, 5) is 18.9. The minimum atomic E-state index is -0.868. The lowest BCUT2D eigenvalue weighted by molar-refractivity contribution is -0.0680. The molecule has 1 aliphatic heterocycles. The van der Waals surface area contributed by atoms with Crippen LogP contribution in [0.5, 0.6) is 0 Å². The van der Waals surface area contributed by atoms with E-state index in [2.05, 4.69) is 4.98 Å². The Hall–Kier alpha value is -2.96. The van der Waals surface area contributed by atoms with Crippen LogP contribution in [0.4, 0.5) is 9.18 Å². The molecule has 1 N–H and O–H groups in total. The van der Waals surface area contributed by atoms with Gasteiger partial charge in [0.1, 0.15) is 11.4 Å². The standard InChI is InChI=1S/C26H26ClFN2O3/c1-18(19-3-5-20(6-4-19)21-15-23(27)17-29-16-21)30-13-12-26(11-2-14-31,33-25(30)32)22-7-9-24(28)10-8-22/h3-10,15-18,31H,2,11-14H2,1H3/t18-,26+/m0/s1. The molecule has 1 aromatic heterocycles. The predicted octanol–water partition coefficient (Wildman–Crippen LogP) is 6.11. The second-order valence-electron chi connectivity index (χ2n) is 8.33. The summed E-state index contributed by atoms with van der Waals surface area (Å²) in [6, 6.07) is 15.7. The Balaban J connectivity index is 1.51. The average molecular weight is 469 g/mol. The van der Waals surface area contributed by atoms with Gasteiger partial charge in [-0.05, 0) is 54.7 Å². The molecule has 7 heteroatoms. The lowest BCUT2D eigenvalue weighted by Gasteiger charge is -2.43. The molecule has 1 aliphatic rings. The van der Waals surface area contributed by atoms with E-state index in [-0.39, 0.29) is 18.5 Å². The van der Waals surface area contributed by atoms with Gasteiger partial charge in [0.2, 0.25) is 0 Å². The summed E-state index contributed by atoms with van der Waals surface area (Å²) in [5, 5.41) is 9.93. The van der Waals surface area contributed by atoms with Crippen molar-refractivity contribution >= 4 is 17.7 Å². The highest BCUT2D eigenvalue weighted by atomic mass is 35.5. The number of aliphatic hydroxyl groups is 1. The molecule has 0 bridgehead atoms. The van der Waals surface area contributed by atoms with Crippen LogP contribution in [-0.4, -0.2) is 34.2 Å². The highest BCUT2D eigenvalue weighted by molar-refractivity contribution is 6.30. The van der Waals surface area contributed by atoms with Gasteiger partial charge >= 0.3 is 6.09 Å². The molecular formula is C26H26ClFN2O3. The SMILES string of the molecule is C[C@@H](c1ccc(-c2cncc(Cl)c2)cc1)N1CC[C@](CCCO)(c2ccc(F)cc2)OC1=O. The third kappa shape index (κ3) is 5.02. The van der Waals surface area contributed by atoms with Gasteiger partial charge in [0.25, 0.3) is 0 Å². The van der Waals surface area contributed by atoms with Crippen LogP contribution in [0, 0.1) is 5.82 Å². The number of pyridine rings is 1. The van der Waals surface area contributed by atoms with Crippen LogP contribution in [0.1, 0.15) is 43.4 Å². The number of carbonyl (C=O) groups excluding carboxylic acids is 1. The van der Waals surface area contributed by atoms with Gasteiger partial charge < -0.3 is 14.7 Å². The summed E-state index contributed by atoms with van der Waals surface area (Å²) in [6.07, 6.45) is 4.45. The number of hydrogen-bond donors (Lipinski definition) is 1. The molecule has 4 rings (SSSR count). The van der Waals surface area contributed by atoms with Crippen molar-refractivity contribution in [3.05, 3.63) is 89.0 Å². The Labute approximate surface area is 197 Å². The number of benzene rings is 2. The molecule has 2 aromatic carbocycles. The Morgan fingerprint density at radius 1 is 1.15 bits per heavy atom. The van der Waals surface area contributed by atoms with Crippen molar-refractivity contribution in [1.82, 2.24) is 9.88 Å². The molecule has 1 saturated heterocycles. The van der Waals surface area contributed by atoms with Crippen molar-refractivity contribution in [2.45, 2.75) is 37.8 Å². The molecular weight excluding hydrogens is 443 g/mol. The lowest BCUT2D eigenvalue weighted by atomic mass is 9.84.